The first kappa shape index (κ1) is 18.1. The van der Waals surface area contributed by atoms with E-state index in [4.69, 9.17) is 9.15 Å². The summed E-state index contributed by atoms with van der Waals surface area (Å²) in [7, 11) is 0. The Morgan fingerprint density at radius 1 is 1.14 bits per heavy atom. The number of benzene rings is 1. The number of hydrogen-bond acceptors (Lipinski definition) is 6. The molecule has 144 valence electrons. The van der Waals surface area contributed by atoms with E-state index in [2.05, 4.69) is 15.2 Å². The lowest BCUT2D eigenvalue weighted by Crippen LogP contribution is -2.39. The van der Waals surface area contributed by atoms with Crippen molar-refractivity contribution in [3.05, 3.63) is 60.0 Å². The Morgan fingerprint density at radius 2 is 1.89 bits per heavy atom. The lowest BCUT2D eigenvalue weighted by atomic mass is 9.97. The molecular weight excluding hydrogens is 363 g/mol. The highest BCUT2D eigenvalue weighted by molar-refractivity contribution is 5.70. The van der Waals surface area contributed by atoms with E-state index in [1.165, 1.54) is 18.3 Å². The molecule has 7 nitrogen and oxygen atoms in total. The number of halogens is 1. The highest BCUT2D eigenvalue weighted by Gasteiger charge is 2.28. The van der Waals surface area contributed by atoms with Gasteiger partial charge in [-0.15, -0.1) is 10.2 Å². The maximum atomic E-state index is 13.0. The first-order valence-corrected chi connectivity index (χ1v) is 9.07. The topological polar surface area (TPSA) is 81.4 Å². The van der Waals surface area contributed by atoms with Crippen LogP contribution in [0.25, 0.3) is 11.5 Å². The third kappa shape index (κ3) is 4.00. The summed E-state index contributed by atoms with van der Waals surface area (Å²) in [5.41, 5.74) is 1.54. The van der Waals surface area contributed by atoms with Gasteiger partial charge in [0.2, 0.25) is 11.8 Å². The zero-order valence-corrected chi connectivity index (χ0v) is 15.3. The van der Waals surface area contributed by atoms with Crippen LogP contribution in [0.5, 0.6) is 5.75 Å². The summed E-state index contributed by atoms with van der Waals surface area (Å²) in [6.45, 7) is 2.95. The van der Waals surface area contributed by atoms with Crippen LogP contribution < -0.4 is 4.74 Å². The van der Waals surface area contributed by atoms with Gasteiger partial charge in [-0.25, -0.2) is 9.18 Å². The fraction of sp³-hybridized carbons (Fsp3) is 0.300. The van der Waals surface area contributed by atoms with Gasteiger partial charge in [-0.1, -0.05) is 0 Å². The first-order valence-electron chi connectivity index (χ1n) is 9.07. The quantitative estimate of drug-likeness (QED) is 0.682. The average Bonchev–Trinajstić information content (AvgIpc) is 3.20. The molecule has 0 radical (unpaired) electrons. The van der Waals surface area contributed by atoms with Gasteiger partial charge >= 0.3 is 6.09 Å². The molecule has 1 aliphatic heterocycles. The second kappa shape index (κ2) is 7.75. The number of piperidine rings is 1. The Balaban J connectivity index is 1.34. The van der Waals surface area contributed by atoms with Crippen LogP contribution in [0.3, 0.4) is 0 Å². The summed E-state index contributed by atoms with van der Waals surface area (Å²) in [6.07, 6.45) is 2.55. The number of amides is 1. The molecule has 0 unspecified atom stereocenters. The van der Waals surface area contributed by atoms with Crippen LogP contribution in [0.1, 0.15) is 30.3 Å². The van der Waals surface area contributed by atoms with E-state index < -0.39 is 0 Å². The predicted molar refractivity (Wildman–Crippen MR) is 98.2 cm³/mol. The molecule has 0 aliphatic carbocycles. The molecule has 4 rings (SSSR count). The van der Waals surface area contributed by atoms with Gasteiger partial charge < -0.3 is 14.1 Å². The number of pyridine rings is 1. The molecule has 0 spiro atoms. The number of carbonyl (C=O) groups excluding carboxylic acids is 1. The van der Waals surface area contributed by atoms with Gasteiger partial charge in [-0.05, 0) is 56.2 Å². The number of aromatic nitrogens is 3. The number of rotatable bonds is 3. The molecule has 8 heteroatoms. The minimum Gasteiger partial charge on any atom is -0.420 e. The van der Waals surface area contributed by atoms with Crippen LogP contribution in [0.2, 0.25) is 0 Å². The van der Waals surface area contributed by atoms with E-state index >= 15 is 0 Å². The van der Waals surface area contributed by atoms with Gasteiger partial charge in [0, 0.05) is 30.3 Å². The van der Waals surface area contributed by atoms with Crippen molar-refractivity contribution < 1.29 is 18.3 Å². The minimum absolute atomic E-state index is 0.0757. The van der Waals surface area contributed by atoms with Crippen LogP contribution in [0.4, 0.5) is 9.18 Å². The van der Waals surface area contributed by atoms with Crippen LogP contribution in [0.15, 0.2) is 47.0 Å². The molecule has 1 fully saturated rings. The van der Waals surface area contributed by atoms with Gasteiger partial charge in [0.15, 0.2) is 5.75 Å². The van der Waals surface area contributed by atoms with Crippen molar-refractivity contribution in [1.29, 1.82) is 0 Å². The van der Waals surface area contributed by atoms with Gasteiger partial charge in [-0.3, -0.25) is 4.98 Å². The lowest BCUT2D eigenvalue weighted by molar-refractivity contribution is 0.136. The standard InChI is InChI=1S/C20H19FN4O3/c1-13-2-7-17(12-22-13)27-20(26)25-10-8-15(9-11-25)19-24-23-18(28-19)14-3-5-16(21)6-4-14/h2-7,12,15H,8-11H2,1H3. The Labute approximate surface area is 161 Å². The zero-order valence-electron chi connectivity index (χ0n) is 15.3. The fourth-order valence-electron chi connectivity index (χ4n) is 3.10. The summed E-state index contributed by atoms with van der Waals surface area (Å²) >= 11 is 0. The Bertz CT molecular complexity index is 948. The van der Waals surface area contributed by atoms with Crippen molar-refractivity contribution in [3.63, 3.8) is 0 Å². The fourth-order valence-corrected chi connectivity index (χ4v) is 3.10. The van der Waals surface area contributed by atoms with Gasteiger partial charge in [0.1, 0.15) is 5.82 Å². The molecule has 0 bridgehead atoms. The van der Waals surface area contributed by atoms with Crippen LogP contribution in [-0.4, -0.2) is 39.3 Å². The monoisotopic (exact) mass is 382 g/mol. The van der Waals surface area contributed by atoms with Gasteiger partial charge in [0.05, 0.1) is 6.20 Å². The number of nitrogens with zero attached hydrogens (tertiary/aromatic N) is 4. The Kier molecular flexibility index (Phi) is 5.01. The molecule has 0 atom stereocenters. The second-order valence-electron chi connectivity index (χ2n) is 6.72. The maximum absolute atomic E-state index is 13.0. The molecule has 3 aromatic rings. The molecular formula is C20H19FN4O3. The summed E-state index contributed by atoms with van der Waals surface area (Å²) in [5.74, 6) is 1.09. The summed E-state index contributed by atoms with van der Waals surface area (Å²) in [4.78, 5) is 18.1. The Hall–Kier alpha value is -3.29. The highest BCUT2D eigenvalue weighted by Crippen LogP contribution is 2.29. The highest BCUT2D eigenvalue weighted by atomic mass is 19.1. The number of hydrogen-bond donors (Lipinski definition) is 0. The largest absolute Gasteiger partial charge is 0.420 e. The van der Waals surface area contributed by atoms with Gasteiger partial charge in [0.25, 0.3) is 0 Å². The lowest BCUT2D eigenvalue weighted by Gasteiger charge is -2.29. The van der Waals surface area contributed by atoms with Crippen molar-refractivity contribution in [1.82, 2.24) is 20.1 Å². The smallest absolute Gasteiger partial charge is 0.415 e. The summed E-state index contributed by atoms with van der Waals surface area (Å²) in [5, 5.41) is 8.19. The van der Waals surface area contributed by atoms with E-state index in [0.717, 1.165) is 5.69 Å². The third-order valence-corrected chi connectivity index (χ3v) is 4.72. The molecule has 1 aromatic carbocycles. The van der Waals surface area contributed by atoms with E-state index in [-0.39, 0.29) is 17.8 Å². The van der Waals surface area contributed by atoms with E-state index in [0.29, 0.717) is 49.0 Å². The van der Waals surface area contributed by atoms with Crippen molar-refractivity contribution in [2.45, 2.75) is 25.7 Å². The molecule has 28 heavy (non-hydrogen) atoms. The van der Waals surface area contributed by atoms with Crippen LogP contribution in [-0.2, 0) is 0 Å². The molecule has 0 N–H and O–H groups in total. The molecule has 1 amide bonds. The predicted octanol–water partition coefficient (Wildman–Crippen LogP) is 3.96. The third-order valence-electron chi connectivity index (χ3n) is 4.72. The summed E-state index contributed by atoms with van der Waals surface area (Å²) < 4.78 is 24.2. The molecule has 3 heterocycles. The first-order chi connectivity index (χ1) is 13.6. The van der Waals surface area contributed by atoms with Gasteiger partial charge in [-0.2, -0.15) is 0 Å². The number of aryl methyl sites for hydroxylation is 1. The van der Waals surface area contributed by atoms with Crippen molar-refractivity contribution in [3.8, 4) is 17.2 Å². The van der Waals surface area contributed by atoms with Crippen molar-refractivity contribution in [2.24, 2.45) is 0 Å². The molecule has 1 aliphatic rings. The van der Waals surface area contributed by atoms with Crippen molar-refractivity contribution >= 4 is 6.09 Å². The molecule has 2 aromatic heterocycles. The second-order valence-corrected chi connectivity index (χ2v) is 6.72. The number of carbonyl (C=O) groups is 1. The van der Waals surface area contributed by atoms with Crippen molar-refractivity contribution in [2.75, 3.05) is 13.1 Å². The maximum Gasteiger partial charge on any atom is 0.415 e. The number of likely N-dealkylation sites (tertiary alicyclic amines) is 1. The van der Waals surface area contributed by atoms with E-state index in [1.807, 2.05) is 6.92 Å². The SMILES string of the molecule is Cc1ccc(OC(=O)N2CCC(c3nnc(-c4ccc(F)cc4)o3)CC2)cn1. The number of ether oxygens (including phenoxy) is 1. The normalized spacial score (nSPS) is 14.9. The minimum atomic E-state index is -0.387. The molecule has 1 saturated heterocycles. The molecule has 0 saturated carbocycles. The Morgan fingerprint density at radius 3 is 2.57 bits per heavy atom. The van der Waals surface area contributed by atoms with Crippen LogP contribution in [0, 0.1) is 12.7 Å². The van der Waals surface area contributed by atoms with E-state index in [1.54, 1.807) is 29.2 Å². The summed E-state index contributed by atoms with van der Waals surface area (Å²) in [6, 6.07) is 9.43. The average molecular weight is 382 g/mol. The van der Waals surface area contributed by atoms with Crippen LogP contribution >= 0.6 is 0 Å². The zero-order chi connectivity index (χ0) is 19.5. The van der Waals surface area contributed by atoms with E-state index in [9.17, 15) is 9.18 Å².